The summed E-state index contributed by atoms with van der Waals surface area (Å²) in [7, 11) is 2.90. The third-order valence-electron chi connectivity index (χ3n) is 5.22. The van der Waals surface area contributed by atoms with Gasteiger partial charge in [-0.05, 0) is 55.3 Å². The number of benzene rings is 1. The third-order valence-corrected chi connectivity index (χ3v) is 7.50. The predicted molar refractivity (Wildman–Crippen MR) is 130 cm³/mol. The van der Waals surface area contributed by atoms with Gasteiger partial charge in [0.2, 0.25) is 5.91 Å². The minimum atomic E-state index is -0.517. The van der Waals surface area contributed by atoms with Gasteiger partial charge in [0.15, 0.2) is 0 Å². The third kappa shape index (κ3) is 4.39. The molecule has 1 amide bonds. The first-order valence-corrected chi connectivity index (χ1v) is 11.6. The van der Waals surface area contributed by atoms with E-state index in [1.165, 1.54) is 40.7 Å². The highest BCUT2D eigenvalue weighted by atomic mass is 32.1. The highest BCUT2D eigenvalue weighted by Crippen LogP contribution is 2.33. The van der Waals surface area contributed by atoms with Crippen molar-refractivity contribution >= 4 is 49.8 Å². The van der Waals surface area contributed by atoms with Crippen LogP contribution in [0.15, 0.2) is 41.5 Å². The number of carbonyl (C=O) groups excluding carboxylic acids is 2. The molecule has 33 heavy (non-hydrogen) atoms. The molecular weight excluding hydrogens is 462 g/mol. The largest absolute Gasteiger partial charge is 0.497 e. The molecule has 4 rings (SSSR count). The van der Waals surface area contributed by atoms with Gasteiger partial charge in [-0.1, -0.05) is 0 Å². The quantitative estimate of drug-likeness (QED) is 0.412. The second-order valence-electron chi connectivity index (χ2n) is 7.26. The number of hydrogen-bond donors (Lipinski definition) is 1. The molecule has 0 atom stereocenters. The molecule has 0 unspecified atom stereocenters. The first-order valence-electron chi connectivity index (χ1n) is 9.94. The van der Waals surface area contributed by atoms with E-state index < -0.39 is 11.9 Å². The molecule has 0 radical (unpaired) electrons. The number of hydrogen-bond acceptors (Lipinski definition) is 8. The van der Waals surface area contributed by atoms with Crippen molar-refractivity contribution in [2.24, 2.45) is 0 Å². The van der Waals surface area contributed by atoms with Gasteiger partial charge in [0, 0.05) is 9.75 Å². The van der Waals surface area contributed by atoms with Crippen molar-refractivity contribution in [3.05, 3.63) is 63.0 Å². The number of fused-ring (bicyclic) bond motifs is 1. The highest BCUT2D eigenvalue weighted by molar-refractivity contribution is 7.22. The monoisotopic (exact) mass is 483 g/mol. The van der Waals surface area contributed by atoms with Gasteiger partial charge in [-0.2, -0.15) is 0 Å². The Labute approximate surface area is 197 Å². The van der Waals surface area contributed by atoms with Crippen LogP contribution in [0.1, 0.15) is 20.8 Å². The molecule has 0 fully saturated rings. The van der Waals surface area contributed by atoms with E-state index in [2.05, 4.69) is 10.3 Å². The van der Waals surface area contributed by atoms with Gasteiger partial charge < -0.3 is 14.8 Å². The number of nitrogens with zero attached hydrogens (tertiary/aromatic N) is 2. The SMILES string of the molecule is COC(=O)c1c(NC(=O)Cn2cnc3cc(-c4ccc(OC)cc4)sc3c2=O)sc(C)c1C. The highest BCUT2D eigenvalue weighted by Gasteiger charge is 2.22. The zero-order valence-electron chi connectivity index (χ0n) is 18.4. The minimum Gasteiger partial charge on any atom is -0.497 e. The molecule has 0 bridgehead atoms. The fourth-order valence-electron chi connectivity index (χ4n) is 3.34. The van der Waals surface area contributed by atoms with E-state index in [9.17, 15) is 14.4 Å². The summed E-state index contributed by atoms with van der Waals surface area (Å²) in [5.41, 5.74) is 2.31. The fraction of sp³-hybridized carbons (Fsp3) is 0.217. The Kier molecular flexibility index (Phi) is 6.30. The Morgan fingerprint density at radius 3 is 2.52 bits per heavy atom. The molecule has 0 aliphatic carbocycles. The molecule has 0 spiro atoms. The normalized spacial score (nSPS) is 10.9. The lowest BCUT2D eigenvalue weighted by Crippen LogP contribution is -2.27. The Morgan fingerprint density at radius 2 is 1.85 bits per heavy atom. The number of carbonyl (C=O) groups is 2. The Morgan fingerprint density at radius 1 is 1.12 bits per heavy atom. The number of methoxy groups -OCH3 is 2. The number of thiophene rings is 2. The van der Waals surface area contributed by atoms with Crippen LogP contribution in [0.4, 0.5) is 5.00 Å². The lowest BCUT2D eigenvalue weighted by Gasteiger charge is -2.07. The number of aryl methyl sites for hydroxylation is 1. The zero-order chi connectivity index (χ0) is 23.7. The van der Waals surface area contributed by atoms with E-state index in [-0.39, 0.29) is 12.1 Å². The number of esters is 1. The van der Waals surface area contributed by atoms with E-state index in [0.29, 0.717) is 20.8 Å². The zero-order valence-corrected chi connectivity index (χ0v) is 20.1. The average Bonchev–Trinajstić information content (AvgIpc) is 3.37. The van der Waals surface area contributed by atoms with Gasteiger partial charge in [0.1, 0.15) is 22.0 Å². The van der Waals surface area contributed by atoms with Crippen LogP contribution < -0.4 is 15.6 Å². The maximum atomic E-state index is 13.0. The van der Waals surface area contributed by atoms with Gasteiger partial charge in [-0.3, -0.25) is 14.2 Å². The first kappa shape index (κ1) is 22.7. The van der Waals surface area contributed by atoms with E-state index in [1.54, 1.807) is 14.0 Å². The van der Waals surface area contributed by atoms with Crippen LogP contribution in [0.2, 0.25) is 0 Å². The molecule has 0 aliphatic rings. The van der Waals surface area contributed by atoms with Crippen molar-refractivity contribution in [3.8, 4) is 16.2 Å². The van der Waals surface area contributed by atoms with Gasteiger partial charge in [-0.15, -0.1) is 22.7 Å². The topological polar surface area (TPSA) is 99.5 Å². The molecule has 1 aromatic carbocycles. The molecule has 0 saturated carbocycles. The number of aromatic nitrogens is 2. The summed E-state index contributed by atoms with van der Waals surface area (Å²) >= 11 is 2.61. The van der Waals surface area contributed by atoms with E-state index >= 15 is 0 Å². The molecule has 1 N–H and O–H groups in total. The lowest BCUT2D eigenvalue weighted by molar-refractivity contribution is -0.116. The van der Waals surface area contributed by atoms with E-state index in [0.717, 1.165) is 26.6 Å². The summed E-state index contributed by atoms with van der Waals surface area (Å²) in [4.78, 5) is 44.0. The Hall–Kier alpha value is -3.50. The molecule has 0 aliphatic heterocycles. The standard InChI is InChI=1S/C23H21N3O5S2/c1-12-13(2)32-21(19(12)23(29)31-4)25-18(27)10-26-11-24-16-9-17(33-20(16)22(26)28)14-5-7-15(30-3)8-6-14/h5-9,11H,10H2,1-4H3,(H,25,27). The number of rotatable bonds is 6. The minimum absolute atomic E-state index is 0.228. The van der Waals surface area contributed by atoms with Crippen LogP contribution in [0.3, 0.4) is 0 Å². The van der Waals surface area contributed by atoms with Crippen molar-refractivity contribution in [2.45, 2.75) is 20.4 Å². The van der Waals surface area contributed by atoms with E-state index in [1.807, 2.05) is 37.3 Å². The Balaban J connectivity index is 1.59. The van der Waals surface area contributed by atoms with Crippen molar-refractivity contribution in [1.29, 1.82) is 0 Å². The van der Waals surface area contributed by atoms with Gasteiger partial charge in [-0.25, -0.2) is 9.78 Å². The molecule has 3 heterocycles. The van der Waals surface area contributed by atoms with Gasteiger partial charge >= 0.3 is 5.97 Å². The van der Waals surface area contributed by atoms with E-state index in [4.69, 9.17) is 9.47 Å². The number of ether oxygens (including phenoxy) is 2. The number of nitrogens with one attached hydrogen (secondary N) is 1. The van der Waals surface area contributed by atoms with Crippen LogP contribution in [-0.2, 0) is 16.1 Å². The molecule has 170 valence electrons. The summed E-state index contributed by atoms with van der Waals surface area (Å²) in [6.45, 7) is 3.43. The van der Waals surface area contributed by atoms with Crippen molar-refractivity contribution in [3.63, 3.8) is 0 Å². The summed E-state index contributed by atoms with van der Waals surface area (Å²) in [6.07, 6.45) is 1.36. The number of amides is 1. The number of anilines is 1. The van der Waals surface area contributed by atoms with Gasteiger partial charge in [0.05, 0.1) is 31.6 Å². The second-order valence-corrected chi connectivity index (χ2v) is 9.54. The molecule has 0 saturated heterocycles. The molecule has 10 heteroatoms. The van der Waals surface area contributed by atoms with Crippen LogP contribution in [-0.4, -0.2) is 35.6 Å². The first-order chi connectivity index (χ1) is 15.8. The van der Waals surface area contributed by atoms with Crippen molar-refractivity contribution in [2.75, 3.05) is 19.5 Å². The molecule has 4 aromatic rings. The van der Waals surface area contributed by atoms with Crippen molar-refractivity contribution in [1.82, 2.24) is 9.55 Å². The predicted octanol–water partition coefficient (Wildman–Crippen LogP) is 4.24. The fourth-order valence-corrected chi connectivity index (χ4v) is 5.47. The summed E-state index contributed by atoms with van der Waals surface area (Å²) in [6, 6.07) is 9.39. The Bertz CT molecular complexity index is 1420. The van der Waals surface area contributed by atoms with Crippen molar-refractivity contribution < 1.29 is 19.1 Å². The second kappa shape index (κ2) is 9.16. The maximum Gasteiger partial charge on any atom is 0.341 e. The molecular formula is C23H21N3O5S2. The van der Waals surface area contributed by atoms with Crippen LogP contribution in [0.25, 0.3) is 20.7 Å². The maximum absolute atomic E-state index is 13.0. The molecule has 8 nitrogen and oxygen atoms in total. The van der Waals surface area contributed by atoms with Crippen LogP contribution in [0, 0.1) is 13.8 Å². The smallest absolute Gasteiger partial charge is 0.341 e. The summed E-state index contributed by atoms with van der Waals surface area (Å²) < 4.78 is 11.8. The summed E-state index contributed by atoms with van der Waals surface area (Å²) in [5.74, 6) is -0.202. The van der Waals surface area contributed by atoms with Crippen LogP contribution >= 0.6 is 22.7 Å². The van der Waals surface area contributed by atoms with Crippen LogP contribution in [0.5, 0.6) is 5.75 Å². The summed E-state index contributed by atoms with van der Waals surface area (Å²) in [5, 5.41) is 3.14. The van der Waals surface area contributed by atoms with Gasteiger partial charge in [0.25, 0.3) is 5.56 Å². The molecule has 3 aromatic heterocycles. The average molecular weight is 484 g/mol. The lowest BCUT2D eigenvalue weighted by atomic mass is 10.1.